The standard InChI is InChI=1S/C53H92O6/c1-4-7-10-13-16-19-22-24-25-26-27-29-31-34-37-40-43-46-52(55)58-49-50(48-57-51(54)45-42-39-36-33-30-21-18-15-12-9-6-3)59-53(56)47-44-41-38-35-32-28-23-20-17-14-11-8-5-2/h7,10,16,19,24-25,27,29,34,37,50H,4-6,8-9,11-15,17-18,20-23,26,28,30-33,35-36,38-49H2,1-3H3/b10-7-,19-16-,25-24-,29-27-,37-34-. The molecule has 0 rings (SSSR count). The second kappa shape index (κ2) is 47.8. The average molecular weight is 825 g/mol. The first-order valence-electron chi connectivity index (χ1n) is 24.8. The predicted molar refractivity (Wildman–Crippen MR) is 251 cm³/mol. The molecule has 0 amide bonds. The van der Waals surface area contributed by atoms with Crippen LogP contribution in [0.1, 0.15) is 239 Å². The summed E-state index contributed by atoms with van der Waals surface area (Å²) in [4.78, 5) is 37.8. The van der Waals surface area contributed by atoms with Gasteiger partial charge in [0.05, 0.1) is 0 Å². The van der Waals surface area contributed by atoms with Crippen LogP contribution in [0.15, 0.2) is 60.8 Å². The van der Waals surface area contributed by atoms with E-state index >= 15 is 0 Å². The van der Waals surface area contributed by atoms with Gasteiger partial charge in [0.25, 0.3) is 0 Å². The summed E-state index contributed by atoms with van der Waals surface area (Å²) >= 11 is 0. The van der Waals surface area contributed by atoms with Gasteiger partial charge in [0.2, 0.25) is 0 Å². The Hall–Kier alpha value is -2.89. The van der Waals surface area contributed by atoms with Gasteiger partial charge in [-0.05, 0) is 57.8 Å². The summed E-state index contributed by atoms with van der Waals surface area (Å²) in [5, 5.41) is 0. The number of carbonyl (C=O) groups is 3. The molecule has 0 aromatic carbocycles. The second-order valence-electron chi connectivity index (χ2n) is 16.4. The Labute approximate surface area is 364 Å². The minimum atomic E-state index is -0.791. The fourth-order valence-electron chi connectivity index (χ4n) is 6.83. The first-order valence-corrected chi connectivity index (χ1v) is 24.8. The Balaban J connectivity index is 4.44. The van der Waals surface area contributed by atoms with Crippen LogP contribution < -0.4 is 0 Å². The van der Waals surface area contributed by atoms with Gasteiger partial charge in [-0.15, -0.1) is 0 Å². The summed E-state index contributed by atoms with van der Waals surface area (Å²) in [6.45, 7) is 6.47. The molecule has 1 atom stereocenters. The molecule has 0 aliphatic heterocycles. The Morgan fingerprint density at radius 1 is 0.356 bits per heavy atom. The van der Waals surface area contributed by atoms with Crippen molar-refractivity contribution in [1.82, 2.24) is 0 Å². The van der Waals surface area contributed by atoms with Gasteiger partial charge in [0.1, 0.15) is 13.2 Å². The summed E-state index contributed by atoms with van der Waals surface area (Å²) < 4.78 is 16.7. The molecule has 0 saturated heterocycles. The van der Waals surface area contributed by atoms with E-state index in [0.717, 1.165) is 77.0 Å². The van der Waals surface area contributed by atoms with Crippen molar-refractivity contribution in [3.63, 3.8) is 0 Å². The van der Waals surface area contributed by atoms with Crippen molar-refractivity contribution in [2.24, 2.45) is 0 Å². The number of allylic oxidation sites excluding steroid dienone is 10. The molecule has 6 heteroatoms. The molecule has 0 spiro atoms. The average Bonchev–Trinajstić information content (AvgIpc) is 3.23. The van der Waals surface area contributed by atoms with Crippen LogP contribution in [0.25, 0.3) is 0 Å². The third-order valence-corrected chi connectivity index (χ3v) is 10.5. The topological polar surface area (TPSA) is 78.9 Å². The maximum atomic E-state index is 12.8. The highest BCUT2D eigenvalue weighted by atomic mass is 16.6. The molecular weight excluding hydrogens is 733 g/mol. The van der Waals surface area contributed by atoms with Crippen LogP contribution in [0.3, 0.4) is 0 Å². The van der Waals surface area contributed by atoms with E-state index in [1.54, 1.807) is 0 Å². The predicted octanol–water partition coefficient (Wildman–Crippen LogP) is 16.1. The molecule has 59 heavy (non-hydrogen) atoms. The lowest BCUT2D eigenvalue weighted by Gasteiger charge is -2.18. The zero-order chi connectivity index (χ0) is 43.0. The monoisotopic (exact) mass is 825 g/mol. The van der Waals surface area contributed by atoms with E-state index in [2.05, 4.69) is 81.5 Å². The van der Waals surface area contributed by atoms with E-state index in [9.17, 15) is 14.4 Å². The number of esters is 3. The molecule has 0 aliphatic carbocycles. The Kier molecular flexibility index (Phi) is 45.4. The molecule has 0 radical (unpaired) electrons. The highest BCUT2D eigenvalue weighted by Gasteiger charge is 2.19. The van der Waals surface area contributed by atoms with Crippen molar-refractivity contribution in [2.75, 3.05) is 13.2 Å². The van der Waals surface area contributed by atoms with Crippen LogP contribution in [0, 0.1) is 0 Å². The third-order valence-electron chi connectivity index (χ3n) is 10.5. The van der Waals surface area contributed by atoms with Crippen molar-refractivity contribution in [3.8, 4) is 0 Å². The zero-order valence-corrected chi connectivity index (χ0v) is 38.8. The molecule has 6 nitrogen and oxygen atoms in total. The molecule has 340 valence electrons. The van der Waals surface area contributed by atoms with E-state index in [0.29, 0.717) is 19.3 Å². The highest BCUT2D eigenvalue weighted by molar-refractivity contribution is 5.71. The number of unbranched alkanes of at least 4 members (excludes halogenated alkanes) is 23. The minimum Gasteiger partial charge on any atom is -0.462 e. The van der Waals surface area contributed by atoms with E-state index in [-0.39, 0.29) is 37.5 Å². The van der Waals surface area contributed by atoms with Crippen LogP contribution in [-0.2, 0) is 28.6 Å². The van der Waals surface area contributed by atoms with E-state index in [1.165, 1.54) is 116 Å². The lowest BCUT2D eigenvalue weighted by molar-refractivity contribution is -0.167. The van der Waals surface area contributed by atoms with Gasteiger partial charge >= 0.3 is 17.9 Å². The maximum absolute atomic E-state index is 12.8. The number of carbonyl (C=O) groups excluding carboxylic acids is 3. The fraction of sp³-hybridized carbons (Fsp3) is 0.755. The molecule has 0 aromatic rings. The van der Waals surface area contributed by atoms with Gasteiger partial charge in [-0.2, -0.15) is 0 Å². The molecule has 0 saturated carbocycles. The highest BCUT2D eigenvalue weighted by Crippen LogP contribution is 2.15. The summed E-state index contributed by atoms with van der Waals surface area (Å²) in [5.74, 6) is -0.946. The quantitative estimate of drug-likeness (QED) is 0.0263. The van der Waals surface area contributed by atoms with Gasteiger partial charge in [0.15, 0.2) is 6.10 Å². The Morgan fingerprint density at radius 2 is 0.661 bits per heavy atom. The van der Waals surface area contributed by atoms with Crippen molar-refractivity contribution in [1.29, 1.82) is 0 Å². The molecule has 1 unspecified atom stereocenters. The molecule has 0 N–H and O–H groups in total. The van der Waals surface area contributed by atoms with E-state index < -0.39 is 6.10 Å². The summed E-state index contributed by atoms with van der Waals surface area (Å²) in [6.07, 6.45) is 57.8. The van der Waals surface area contributed by atoms with Gasteiger partial charge in [-0.3, -0.25) is 14.4 Å². The molecule has 0 aliphatic rings. The van der Waals surface area contributed by atoms with Crippen molar-refractivity contribution in [2.45, 2.75) is 245 Å². The lowest BCUT2D eigenvalue weighted by atomic mass is 10.0. The fourth-order valence-corrected chi connectivity index (χ4v) is 6.83. The lowest BCUT2D eigenvalue weighted by Crippen LogP contribution is -2.30. The molecule has 0 aromatic heterocycles. The number of hydrogen-bond acceptors (Lipinski definition) is 6. The molecular formula is C53H92O6. The van der Waals surface area contributed by atoms with Gasteiger partial charge in [-0.25, -0.2) is 0 Å². The van der Waals surface area contributed by atoms with Gasteiger partial charge in [0, 0.05) is 19.3 Å². The van der Waals surface area contributed by atoms with Crippen LogP contribution in [0.4, 0.5) is 0 Å². The smallest absolute Gasteiger partial charge is 0.306 e. The SMILES string of the molecule is CC/C=C\C/C=C\C/C=C\C/C=C\C/C=C\CCCC(=O)OCC(COC(=O)CCCCCCCCCCCCC)OC(=O)CCCCCCCCCCCCCCC. The Morgan fingerprint density at radius 3 is 1.03 bits per heavy atom. The summed E-state index contributed by atoms with van der Waals surface area (Å²) in [6, 6.07) is 0. The minimum absolute atomic E-state index is 0.0888. The molecule has 0 fully saturated rings. The summed E-state index contributed by atoms with van der Waals surface area (Å²) in [5.41, 5.74) is 0. The number of hydrogen-bond donors (Lipinski definition) is 0. The van der Waals surface area contributed by atoms with Crippen LogP contribution >= 0.6 is 0 Å². The van der Waals surface area contributed by atoms with Crippen LogP contribution in [0.5, 0.6) is 0 Å². The van der Waals surface area contributed by atoms with Crippen LogP contribution in [-0.4, -0.2) is 37.2 Å². The second-order valence-corrected chi connectivity index (χ2v) is 16.4. The normalized spacial score (nSPS) is 12.5. The first-order chi connectivity index (χ1) is 29.0. The van der Waals surface area contributed by atoms with Crippen LogP contribution in [0.2, 0.25) is 0 Å². The number of ether oxygens (including phenoxy) is 3. The van der Waals surface area contributed by atoms with Crippen molar-refractivity contribution >= 4 is 17.9 Å². The van der Waals surface area contributed by atoms with Crippen molar-refractivity contribution in [3.05, 3.63) is 60.8 Å². The number of rotatable bonds is 44. The van der Waals surface area contributed by atoms with Crippen molar-refractivity contribution < 1.29 is 28.6 Å². The largest absolute Gasteiger partial charge is 0.462 e. The van der Waals surface area contributed by atoms with Gasteiger partial charge < -0.3 is 14.2 Å². The molecule has 0 heterocycles. The van der Waals surface area contributed by atoms with Gasteiger partial charge in [-0.1, -0.05) is 223 Å². The molecule has 0 bridgehead atoms. The maximum Gasteiger partial charge on any atom is 0.306 e. The van der Waals surface area contributed by atoms with E-state index in [1.807, 2.05) is 0 Å². The van der Waals surface area contributed by atoms with E-state index in [4.69, 9.17) is 14.2 Å². The Bertz CT molecular complexity index is 1090. The third kappa shape index (κ3) is 46.0. The summed E-state index contributed by atoms with van der Waals surface area (Å²) in [7, 11) is 0. The zero-order valence-electron chi connectivity index (χ0n) is 38.8. The first kappa shape index (κ1) is 56.1.